The van der Waals surface area contributed by atoms with Gasteiger partial charge in [-0.15, -0.1) is 0 Å². The Morgan fingerprint density at radius 2 is 2.23 bits per heavy atom. The van der Waals surface area contributed by atoms with Crippen LogP contribution >= 0.6 is 11.6 Å². The normalized spacial score (nSPS) is 18.3. The second-order valence-corrected chi connectivity index (χ2v) is 5.79. The predicted molar refractivity (Wildman–Crippen MR) is 86.4 cm³/mol. The first-order chi connectivity index (χ1) is 10.7. The van der Waals surface area contributed by atoms with Crippen molar-refractivity contribution < 1.29 is 14.3 Å². The highest BCUT2D eigenvalue weighted by molar-refractivity contribution is 6.30. The summed E-state index contributed by atoms with van der Waals surface area (Å²) in [6.45, 7) is 2.94. The fourth-order valence-corrected chi connectivity index (χ4v) is 2.57. The number of rotatable bonds is 6. The molecule has 1 saturated heterocycles. The van der Waals surface area contributed by atoms with Crippen LogP contribution in [0.2, 0.25) is 5.02 Å². The van der Waals surface area contributed by atoms with E-state index >= 15 is 0 Å². The molecule has 0 aromatic heterocycles. The van der Waals surface area contributed by atoms with Gasteiger partial charge in [-0.3, -0.25) is 0 Å². The number of ether oxygens (including phenoxy) is 2. The number of benzene rings is 1. The number of halogens is 1. The molecule has 1 fully saturated rings. The quantitative estimate of drug-likeness (QED) is 0.816. The monoisotopic (exact) mass is 326 g/mol. The van der Waals surface area contributed by atoms with Gasteiger partial charge in [-0.25, -0.2) is 4.79 Å². The summed E-state index contributed by atoms with van der Waals surface area (Å²) in [6.07, 6.45) is 1.80. The molecule has 1 heterocycles. The number of carbonyl (C=O) groups is 1. The summed E-state index contributed by atoms with van der Waals surface area (Å²) in [5.41, 5.74) is 1.23. The van der Waals surface area contributed by atoms with Gasteiger partial charge < -0.3 is 19.7 Å². The van der Waals surface area contributed by atoms with Crippen LogP contribution in [0, 0.1) is 0 Å². The zero-order chi connectivity index (χ0) is 15.8. The third-order valence-electron chi connectivity index (χ3n) is 3.61. The summed E-state index contributed by atoms with van der Waals surface area (Å²) < 4.78 is 10.6. The van der Waals surface area contributed by atoms with Crippen molar-refractivity contribution in [3.63, 3.8) is 0 Å². The minimum absolute atomic E-state index is 0.0273. The van der Waals surface area contributed by atoms with Crippen molar-refractivity contribution in [3.8, 4) is 0 Å². The standard InChI is InChI=1S/C16H23ClN2O3/c1-21-12-15-11-19(9-10-22-15)16(20)18-8-2-3-13-4-6-14(17)7-5-13/h4-7,15H,2-3,8-12H2,1H3,(H,18,20)/t15-/m0/s1. The van der Waals surface area contributed by atoms with Gasteiger partial charge >= 0.3 is 6.03 Å². The van der Waals surface area contributed by atoms with E-state index in [-0.39, 0.29) is 12.1 Å². The Labute approximate surface area is 136 Å². The highest BCUT2D eigenvalue weighted by Gasteiger charge is 2.23. The van der Waals surface area contributed by atoms with Crippen LogP contribution in [0.3, 0.4) is 0 Å². The molecule has 122 valence electrons. The molecule has 0 radical (unpaired) electrons. The van der Waals surface area contributed by atoms with Crippen molar-refractivity contribution in [1.82, 2.24) is 10.2 Å². The number of hydrogen-bond donors (Lipinski definition) is 1. The lowest BCUT2D eigenvalue weighted by Gasteiger charge is -2.32. The van der Waals surface area contributed by atoms with Crippen LogP contribution in [0.1, 0.15) is 12.0 Å². The average Bonchev–Trinajstić information content (AvgIpc) is 2.53. The third kappa shape index (κ3) is 5.48. The Hall–Kier alpha value is -1.30. The van der Waals surface area contributed by atoms with E-state index < -0.39 is 0 Å². The van der Waals surface area contributed by atoms with E-state index in [0.717, 1.165) is 17.9 Å². The molecule has 0 unspecified atom stereocenters. The number of nitrogens with zero attached hydrogens (tertiary/aromatic N) is 1. The molecule has 0 aliphatic carbocycles. The van der Waals surface area contributed by atoms with Crippen molar-refractivity contribution in [2.24, 2.45) is 0 Å². The fraction of sp³-hybridized carbons (Fsp3) is 0.562. The molecule has 2 rings (SSSR count). The first kappa shape index (κ1) is 17.1. The largest absolute Gasteiger partial charge is 0.382 e. The fourth-order valence-electron chi connectivity index (χ4n) is 2.44. The lowest BCUT2D eigenvalue weighted by atomic mass is 10.1. The van der Waals surface area contributed by atoms with Gasteiger partial charge in [-0.2, -0.15) is 0 Å². The summed E-state index contributed by atoms with van der Waals surface area (Å²) >= 11 is 5.85. The number of nitrogens with one attached hydrogen (secondary N) is 1. The third-order valence-corrected chi connectivity index (χ3v) is 3.86. The molecule has 22 heavy (non-hydrogen) atoms. The molecule has 1 N–H and O–H groups in total. The van der Waals surface area contributed by atoms with Gasteiger partial charge in [0.25, 0.3) is 0 Å². The highest BCUT2D eigenvalue weighted by atomic mass is 35.5. The van der Waals surface area contributed by atoms with E-state index in [9.17, 15) is 4.79 Å². The highest BCUT2D eigenvalue weighted by Crippen LogP contribution is 2.11. The Kier molecular flexibility index (Phi) is 6.96. The summed E-state index contributed by atoms with van der Waals surface area (Å²) in [4.78, 5) is 13.9. The van der Waals surface area contributed by atoms with Gasteiger partial charge in [-0.05, 0) is 30.5 Å². The number of hydrogen-bond acceptors (Lipinski definition) is 3. The Morgan fingerprint density at radius 3 is 2.95 bits per heavy atom. The number of amides is 2. The lowest BCUT2D eigenvalue weighted by molar-refractivity contribution is -0.0494. The summed E-state index contributed by atoms with van der Waals surface area (Å²) in [7, 11) is 1.64. The van der Waals surface area contributed by atoms with Crippen molar-refractivity contribution in [3.05, 3.63) is 34.9 Å². The van der Waals surface area contributed by atoms with Crippen LogP contribution < -0.4 is 5.32 Å². The number of urea groups is 1. The van der Waals surface area contributed by atoms with E-state index in [1.807, 2.05) is 24.3 Å². The Morgan fingerprint density at radius 1 is 1.45 bits per heavy atom. The summed E-state index contributed by atoms with van der Waals surface area (Å²) in [5, 5.41) is 3.71. The number of carbonyl (C=O) groups excluding carboxylic acids is 1. The molecule has 1 aliphatic heterocycles. The molecule has 1 atom stereocenters. The average molecular weight is 327 g/mol. The minimum Gasteiger partial charge on any atom is -0.382 e. The van der Waals surface area contributed by atoms with Gasteiger partial charge in [0.1, 0.15) is 0 Å². The van der Waals surface area contributed by atoms with Crippen molar-refractivity contribution in [2.75, 3.05) is 40.0 Å². The smallest absolute Gasteiger partial charge is 0.317 e. The number of methoxy groups -OCH3 is 1. The van der Waals surface area contributed by atoms with E-state index in [2.05, 4.69) is 5.32 Å². The zero-order valence-electron chi connectivity index (χ0n) is 12.9. The van der Waals surface area contributed by atoms with Crippen molar-refractivity contribution in [1.29, 1.82) is 0 Å². The summed E-state index contributed by atoms with van der Waals surface area (Å²) in [6, 6.07) is 7.78. The molecule has 2 amide bonds. The van der Waals surface area contributed by atoms with Crippen molar-refractivity contribution in [2.45, 2.75) is 18.9 Å². The van der Waals surface area contributed by atoms with E-state index in [4.69, 9.17) is 21.1 Å². The first-order valence-electron chi connectivity index (χ1n) is 7.57. The SMILES string of the molecule is COC[C@@H]1CN(C(=O)NCCCc2ccc(Cl)cc2)CCO1. The molecular weight excluding hydrogens is 304 g/mol. The number of aryl methyl sites for hydroxylation is 1. The van der Waals surface area contributed by atoms with Gasteiger partial charge in [0.15, 0.2) is 0 Å². The first-order valence-corrected chi connectivity index (χ1v) is 7.94. The van der Waals surface area contributed by atoms with Crippen LogP contribution in [0.15, 0.2) is 24.3 Å². The molecule has 0 spiro atoms. The van der Waals surface area contributed by atoms with Crippen molar-refractivity contribution >= 4 is 17.6 Å². The lowest BCUT2D eigenvalue weighted by Crippen LogP contribution is -2.50. The molecule has 1 aliphatic rings. The Bertz CT molecular complexity index is 465. The maximum absolute atomic E-state index is 12.1. The van der Waals surface area contributed by atoms with Crippen LogP contribution in [-0.4, -0.2) is 57.0 Å². The Balaban J connectivity index is 1.65. The van der Waals surface area contributed by atoms with Gasteiger partial charge in [-0.1, -0.05) is 23.7 Å². The summed E-state index contributed by atoms with van der Waals surface area (Å²) in [5.74, 6) is 0. The van der Waals surface area contributed by atoms with Gasteiger partial charge in [0.2, 0.25) is 0 Å². The second-order valence-electron chi connectivity index (χ2n) is 5.36. The molecule has 0 bridgehead atoms. The van der Waals surface area contributed by atoms with E-state index in [1.54, 1.807) is 12.0 Å². The molecule has 1 aromatic rings. The second kappa shape index (κ2) is 8.98. The maximum Gasteiger partial charge on any atom is 0.317 e. The van der Waals surface area contributed by atoms with Crippen LogP contribution in [0.4, 0.5) is 4.79 Å². The topological polar surface area (TPSA) is 50.8 Å². The van der Waals surface area contributed by atoms with E-state index in [1.165, 1.54) is 5.56 Å². The minimum atomic E-state index is -0.0291. The predicted octanol–water partition coefficient (Wildman–Crippen LogP) is 2.33. The molecule has 1 aromatic carbocycles. The van der Waals surface area contributed by atoms with Gasteiger partial charge in [0.05, 0.1) is 25.9 Å². The van der Waals surface area contributed by atoms with Crippen LogP contribution in [-0.2, 0) is 15.9 Å². The number of morpholine rings is 1. The molecular formula is C16H23ClN2O3. The maximum atomic E-state index is 12.1. The molecule has 0 saturated carbocycles. The van der Waals surface area contributed by atoms with Crippen LogP contribution in [0.25, 0.3) is 0 Å². The van der Waals surface area contributed by atoms with Crippen LogP contribution in [0.5, 0.6) is 0 Å². The van der Waals surface area contributed by atoms with Gasteiger partial charge in [0, 0.05) is 25.2 Å². The zero-order valence-corrected chi connectivity index (χ0v) is 13.6. The molecule has 5 nitrogen and oxygen atoms in total. The molecule has 6 heteroatoms. The van der Waals surface area contributed by atoms with E-state index in [0.29, 0.717) is 32.8 Å².